The maximum Gasteiger partial charge on any atom is 0.421 e. The molecule has 204 valence electrons. The normalized spacial score (nSPS) is 14.9. The number of rotatable bonds is 8. The van der Waals surface area contributed by atoms with Crippen LogP contribution in [0.15, 0.2) is 47.5 Å². The Morgan fingerprint density at radius 1 is 1.18 bits per heavy atom. The highest BCUT2D eigenvalue weighted by molar-refractivity contribution is 5.75. The summed E-state index contributed by atoms with van der Waals surface area (Å²) in [4.78, 5) is 18.8. The number of hydrogen-bond acceptors (Lipinski definition) is 7. The van der Waals surface area contributed by atoms with Gasteiger partial charge < -0.3 is 29.4 Å². The Labute approximate surface area is 218 Å². The van der Waals surface area contributed by atoms with Crippen molar-refractivity contribution in [2.75, 3.05) is 43.1 Å². The Balaban J connectivity index is 1.66. The standard InChI is InChI=1S/C27H31F3N4O4/c1-4-33-16-19(12-22(26(33)36)27(28,29)30)24(35)32-20-7-6-17(3)21(14-20)18-13-23(25(31-15-18)38-5-2)34-8-10-37-11-9-34/h6-7,12-16,24,32,35H,4-5,8-11H2,1-3H3. The van der Waals surface area contributed by atoms with E-state index in [0.717, 1.165) is 26.9 Å². The van der Waals surface area contributed by atoms with Gasteiger partial charge in [-0.25, -0.2) is 4.98 Å². The monoisotopic (exact) mass is 532 g/mol. The lowest BCUT2D eigenvalue weighted by atomic mass is 10.0. The summed E-state index contributed by atoms with van der Waals surface area (Å²) in [6.07, 6.45) is -3.37. The molecule has 38 heavy (non-hydrogen) atoms. The maximum atomic E-state index is 13.4. The fraction of sp³-hybridized carbons (Fsp3) is 0.407. The minimum atomic E-state index is -4.83. The number of anilines is 2. The largest absolute Gasteiger partial charge is 0.476 e. The van der Waals surface area contributed by atoms with Crippen LogP contribution in [-0.4, -0.2) is 47.6 Å². The van der Waals surface area contributed by atoms with Crippen LogP contribution in [0.5, 0.6) is 5.88 Å². The molecule has 11 heteroatoms. The molecule has 1 atom stereocenters. The van der Waals surface area contributed by atoms with E-state index in [1.165, 1.54) is 6.20 Å². The lowest BCUT2D eigenvalue weighted by molar-refractivity contribution is -0.139. The first kappa shape index (κ1) is 27.5. The third-order valence-corrected chi connectivity index (χ3v) is 6.39. The molecular weight excluding hydrogens is 501 g/mol. The van der Waals surface area contributed by atoms with E-state index in [1.54, 1.807) is 25.3 Å². The number of nitrogens with zero attached hydrogens (tertiary/aromatic N) is 3. The number of aliphatic hydroxyl groups excluding tert-OH is 1. The van der Waals surface area contributed by atoms with Crippen molar-refractivity contribution in [1.82, 2.24) is 9.55 Å². The summed E-state index contributed by atoms with van der Waals surface area (Å²) in [5.41, 5.74) is 1.41. The molecule has 1 unspecified atom stereocenters. The minimum absolute atomic E-state index is 0.0351. The van der Waals surface area contributed by atoms with Gasteiger partial charge in [0.2, 0.25) is 5.88 Å². The molecular formula is C27H31F3N4O4. The van der Waals surface area contributed by atoms with E-state index in [4.69, 9.17) is 9.47 Å². The molecule has 0 amide bonds. The fourth-order valence-corrected chi connectivity index (χ4v) is 4.38. The summed E-state index contributed by atoms with van der Waals surface area (Å²) in [7, 11) is 0. The van der Waals surface area contributed by atoms with Crippen molar-refractivity contribution in [3.05, 3.63) is 69.8 Å². The molecule has 8 nitrogen and oxygen atoms in total. The van der Waals surface area contributed by atoms with Crippen molar-refractivity contribution in [3.8, 4) is 17.0 Å². The van der Waals surface area contributed by atoms with Crippen molar-refractivity contribution in [2.24, 2.45) is 0 Å². The third kappa shape index (κ3) is 5.94. The Morgan fingerprint density at radius 2 is 1.92 bits per heavy atom. The minimum Gasteiger partial charge on any atom is -0.476 e. The van der Waals surface area contributed by atoms with Gasteiger partial charge in [-0.05, 0) is 56.2 Å². The summed E-state index contributed by atoms with van der Waals surface area (Å²) in [6.45, 7) is 8.53. The quantitative estimate of drug-likeness (QED) is 0.410. The van der Waals surface area contributed by atoms with E-state index in [1.807, 2.05) is 26.0 Å². The summed E-state index contributed by atoms with van der Waals surface area (Å²) >= 11 is 0. The lowest BCUT2D eigenvalue weighted by Crippen LogP contribution is -2.36. The van der Waals surface area contributed by atoms with Crippen LogP contribution in [-0.2, 0) is 17.5 Å². The zero-order valence-electron chi connectivity index (χ0n) is 21.5. The van der Waals surface area contributed by atoms with Crippen LogP contribution in [0, 0.1) is 6.92 Å². The van der Waals surface area contributed by atoms with Crippen LogP contribution in [0.3, 0.4) is 0 Å². The molecule has 3 aromatic rings. The second-order valence-electron chi connectivity index (χ2n) is 8.93. The van der Waals surface area contributed by atoms with Crippen molar-refractivity contribution in [2.45, 2.75) is 39.7 Å². The lowest BCUT2D eigenvalue weighted by Gasteiger charge is -2.30. The zero-order chi connectivity index (χ0) is 27.4. The van der Waals surface area contributed by atoms with Gasteiger partial charge in [0, 0.05) is 48.8 Å². The zero-order valence-corrected chi connectivity index (χ0v) is 21.5. The number of nitrogens with one attached hydrogen (secondary N) is 1. The highest BCUT2D eigenvalue weighted by Crippen LogP contribution is 2.35. The number of aromatic nitrogens is 2. The number of morpholine rings is 1. The van der Waals surface area contributed by atoms with Crippen molar-refractivity contribution in [1.29, 1.82) is 0 Å². The molecule has 0 bridgehead atoms. The van der Waals surface area contributed by atoms with Crippen molar-refractivity contribution < 1.29 is 27.8 Å². The first-order valence-corrected chi connectivity index (χ1v) is 12.4. The predicted octanol–water partition coefficient (Wildman–Crippen LogP) is 4.60. The molecule has 1 saturated heterocycles. The van der Waals surface area contributed by atoms with Crippen LogP contribution in [0.4, 0.5) is 24.5 Å². The first-order chi connectivity index (χ1) is 18.1. The van der Waals surface area contributed by atoms with E-state index in [0.29, 0.717) is 50.5 Å². The van der Waals surface area contributed by atoms with Crippen molar-refractivity contribution >= 4 is 11.4 Å². The van der Waals surface area contributed by atoms with Gasteiger partial charge in [0.05, 0.1) is 19.8 Å². The van der Waals surface area contributed by atoms with Gasteiger partial charge in [0.25, 0.3) is 5.56 Å². The Bertz CT molecular complexity index is 1340. The second kappa shape index (κ2) is 11.4. The van der Waals surface area contributed by atoms with Gasteiger partial charge in [-0.1, -0.05) is 6.07 Å². The van der Waals surface area contributed by atoms with Crippen LogP contribution in [0.2, 0.25) is 0 Å². The van der Waals surface area contributed by atoms with Crippen molar-refractivity contribution in [3.63, 3.8) is 0 Å². The molecule has 2 N–H and O–H groups in total. The molecule has 4 rings (SSSR count). The molecule has 1 aromatic carbocycles. The van der Waals surface area contributed by atoms with E-state index in [-0.39, 0.29) is 12.1 Å². The van der Waals surface area contributed by atoms with Gasteiger partial charge in [0.15, 0.2) is 6.23 Å². The molecule has 0 aliphatic carbocycles. The number of halogens is 3. The number of pyridine rings is 2. The molecule has 1 aliphatic rings. The highest BCUT2D eigenvalue weighted by atomic mass is 19.4. The van der Waals surface area contributed by atoms with Gasteiger partial charge in [-0.3, -0.25) is 4.79 Å². The Kier molecular flexibility index (Phi) is 8.27. The number of alkyl halides is 3. The fourth-order valence-electron chi connectivity index (χ4n) is 4.38. The molecule has 1 fully saturated rings. The summed E-state index contributed by atoms with van der Waals surface area (Å²) in [6, 6.07) is 8.07. The summed E-state index contributed by atoms with van der Waals surface area (Å²) in [5, 5.41) is 13.6. The molecule has 0 saturated carbocycles. The number of aryl methyl sites for hydroxylation is 2. The van der Waals surface area contributed by atoms with Crippen LogP contribution < -0.4 is 20.5 Å². The number of ether oxygens (including phenoxy) is 2. The number of benzene rings is 1. The van der Waals surface area contributed by atoms with Gasteiger partial charge in [-0.2, -0.15) is 13.2 Å². The smallest absolute Gasteiger partial charge is 0.421 e. The third-order valence-electron chi connectivity index (χ3n) is 6.39. The average molecular weight is 533 g/mol. The molecule has 0 spiro atoms. The molecule has 1 aliphatic heterocycles. The maximum absolute atomic E-state index is 13.4. The van der Waals surface area contributed by atoms with E-state index < -0.39 is 23.5 Å². The topological polar surface area (TPSA) is 88.8 Å². The number of aliphatic hydroxyl groups is 1. The SMILES string of the molecule is CCOc1ncc(-c2cc(NC(O)c3cc(C(F)(F)F)c(=O)n(CC)c3)ccc2C)cc1N1CCOCC1. The van der Waals surface area contributed by atoms with Crippen LogP contribution in [0.1, 0.15) is 36.8 Å². The summed E-state index contributed by atoms with van der Waals surface area (Å²) < 4.78 is 52.4. The Hall–Kier alpha value is -3.57. The predicted molar refractivity (Wildman–Crippen MR) is 139 cm³/mol. The van der Waals surface area contributed by atoms with Gasteiger partial charge in [0.1, 0.15) is 11.3 Å². The van der Waals surface area contributed by atoms with E-state index in [9.17, 15) is 23.1 Å². The van der Waals surface area contributed by atoms with E-state index in [2.05, 4.69) is 15.2 Å². The first-order valence-electron chi connectivity index (χ1n) is 12.4. The molecule has 0 radical (unpaired) electrons. The Morgan fingerprint density at radius 3 is 2.58 bits per heavy atom. The van der Waals surface area contributed by atoms with E-state index >= 15 is 0 Å². The highest BCUT2D eigenvalue weighted by Gasteiger charge is 2.35. The van der Waals surface area contributed by atoms with Crippen LogP contribution >= 0.6 is 0 Å². The van der Waals surface area contributed by atoms with Gasteiger partial charge >= 0.3 is 6.18 Å². The number of hydrogen-bond donors (Lipinski definition) is 2. The second-order valence-corrected chi connectivity index (χ2v) is 8.93. The van der Waals surface area contributed by atoms with Gasteiger partial charge in [-0.15, -0.1) is 0 Å². The molecule has 3 heterocycles. The summed E-state index contributed by atoms with van der Waals surface area (Å²) in [5.74, 6) is 0.534. The molecule has 2 aromatic heterocycles. The average Bonchev–Trinajstić information content (AvgIpc) is 2.90. The van der Waals surface area contributed by atoms with Crippen LogP contribution in [0.25, 0.3) is 11.1 Å².